The van der Waals surface area contributed by atoms with Crippen molar-refractivity contribution in [3.8, 4) is 0 Å². The Kier molecular flexibility index (Phi) is 4.17. The van der Waals surface area contributed by atoms with Crippen LogP contribution in [0, 0.1) is 5.41 Å². The van der Waals surface area contributed by atoms with Gasteiger partial charge in [-0.05, 0) is 40.1 Å². The highest BCUT2D eigenvalue weighted by Crippen LogP contribution is 2.39. The van der Waals surface area contributed by atoms with Gasteiger partial charge in [-0.3, -0.25) is 4.79 Å². The maximum Gasteiger partial charge on any atom is 0.313 e. The van der Waals surface area contributed by atoms with E-state index in [9.17, 15) is 4.79 Å². The lowest BCUT2D eigenvalue weighted by Gasteiger charge is -2.25. The van der Waals surface area contributed by atoms with Gasteiger partial charge < -0.3 is 18.9 Å². The molecule has 0 radical (unpaired) electrons. The van der Waals surface area contributed by atoms with Crippen molar-refractivity contribution in [1.82, 2.24) is 0 Å². The van der Waals surface area contributed by atoms with Crippen molar-refractivity contribution in [2.45, 2.75) is 65.0 Å². The molecule has 0 bridgehead atoms. The van der Waals surface area contributed by atoms with Crippen molar-refractivity contribution in [1.29, 1.82) is 0 Å². The van der Waals surface area contributed by atoms with Gasteiger partial charge in [0, 0.05) is 4.91 Å². The number of fused-ring (bicyclic) bond motifs is 1. The molecule has 2 saturated heterocycles. The zero-order chi connectivity index (χ0) is 15.8. The molecule has 2 aliphatic rings. The molecule has 2 rings (SSSR count). The molecule has 8 nitrogen and oxygen atoms in total. The Balaban J connectivity index is 2.12. The Morgan fingerprint density at radius 2 is 1.95 bits per heavy atom. The van der Waals surface area contributed by atoms with Crippen LogP contribution in [0.15, 0.2) is 5.11 Å². The molecule has 0 amide bonds. The topological polar surface area (TPSA) is 103 Å². The van der Waals surface area contributed by atoms with E-state index >= 15 is 0 Å². The van der Waals surface area contributed by atoms with E-state index < -0.39 is 35.8 Å². The second-order valence-corrected chi connectivity index (χ2v) is 6.68. The van der Waals surface area contributed by atoms with Gasteiger partial charge in [0.1, 0.15) is 6.10 Å². The molecule has 21 heavy (non-hydrogen) atoms. The summed E-state index contributed by atoms with van der Waals surface area (Å²) in [6.45, 7) is 8.93. The first-order chi connectivity index (χ1) is 9.64. The summed E-state index contributed by atoms with van der Waals surface area (Å²) in [6, 6.07) is 0. The van der Waals surface area contributed by atoms with Crippen LogP contribution in [0.1, 0.15) is 34.6 Å². The smallest absolute Gasteiger partial charge is 0.313 e. The normalized spacial score (nSPS) is 34.1. The van der Waals surface area contributed by atoms with Crippen LogP contribution in [0.5, 0.6) is 0 Å². The van der Waals surface area contributed by atoms with Crippen molar-refractivity contribution in [2.75, 3.05) is 6.54 Å². The van der Waals surface area contributed by atoms with Crippen molar-refractivity contribution in [3.63, 3.8) is 0 Å². The van der Waals surface area contributed by atoms with Gasteiger partial charge in [0.05, 0.1) is 18.1 Å². The Bertz CT molecular complexity index is 467. The maximum atomic E-state index is 12.0. The SMILES string of the molecule is CC1(C)O[C@H]2[C@@H](OC(=O)C(C)(C)C)O[C@H](CN=[N+]=[N-])[C@H]2O1. The second kappa shape index (κ2) is 5.46. The van der Waals surface area contributed by atoms with E-state index in [-0.39, 0.29) is 12.5 Å². The number of azide groups is 1. The molecule has 2 heterocycles. The quantitative estimate of drug-likeness (QED) is 0.344. The highest BCUT2D eigenvalue weighted by Gasteiger charge is 2.56. The summed E-state index contributed by atoms with van der Waals surface area (Å²) in [4.78, 5) is 14.7. The van der Waals surface area contributed by atoms with Gasteiger partial charge in [-0.15, -0.1) is 0 Å². The monoisotopic (exact) mass is 299 g/mol. The van der Waals surface area contributed by atoms with Crippen LogP contribution in [0.3, 0.4) is 0 Å². The van der Waals surface area contributed by atoms with Gasteiger partial charge in [-0.1, -0.05) is 5.11 Å². The first kappa shape index (κ1) is 16.0. The molecular formula is C13H21N3O5. The molecule has 0 aromatic rings. The summed E-state index contributed by atoms with van der Waals surface area (Å²) in [5.41, 5.74) is 7.79. The predicted octanol–water partition coefficient (Wildman–Crippen LogP) is 2.13. The van der Waals surface area contributed by atoms with Gasteiger partial charge in [-0.25, -0.2) is 0 Å². The fourth-order valence-electron chi connectivity index (χ4n) is 2.28. The highest BCUT2D eigenvalue weighted by molar-refractivity contribution is 5.75. The highest BCUT2D eigenvalue weighted by atomic mass is 16.8. The summed E-state index contributed by atoms with van der Waals surface area (Å²) >= 11 is 0. The molecule has 0 N–H and O–H groups in total. The minimum absolute atomic E-state index is 0.0979. The molecule has 0 aliphatic carbocycles. The Morgan fingerprint density at radius 3 is 2.52 bits per heavy atom. The minimum Gasteiger partial charge on any atom is -0.432 e. The molecule has 0 saturated carbocycles. The van der Waals surface area contributed by atoms with Gasteiger partial charge in [0.2, 0.25) is 6.29 Å². The molecular weight excluding hydrogens is 278 g/mol. The summed E-state index contributed by atoms with van der Waals surface area (Å²) in [6.07, 6.45) is -2.30. The molecule has 8 heteroatoms. The predicted molar refractivity (Wildman–Crippen MR) is 72.0 cm³/mol. The average Bonchev–Trinajstić information content (AvgIpc) is 2.81. The third kappa shape index (κ3) is 3.47. The number of carbonyl (C=O) groups is 1. The Hall–Kier alpha value is -1.34. The van der Waals surface area contributed by atoms with Crippen LogP contribution in [-0.2, 0) is 23.7 Å². The summed E-state index contributed by atoms with van der Waals surface area (Å²) in [5.74, 6) is -1.18. The fourth-order valence-corrected chi connectivity index (χ4v) is 2.28. The lowest BCUT2D eigenvalue weighted by Crippen LogP contribution is -2.36. The van der Waals surface area contributed by atoms with Crippen molar-refractivity contribution in [2.24, 2.45) is 10.5 Å². The summed E-state index contributed by atoms with van der Waals surface area (Å²) in [5, 5.41) is 3.50. The molecule has 0 aromatic carbocycles. The fraction of sp³-hybridized carbons (Fsp3) is 0.923. The zero-order valence-electron chi connectivity index (χ0n) is 12.9. The number of hydrogen-bond donors (Lipinski definition) is 0. The van der Waals surface area contributed by atoms with E-state index in [1.165, 1.54) is 0 Å². The van der Waals surface area contributed by atoms with Crippen LogP contribution >= 0.6 is 0 Å². The van der Waals surface area contributed by atoms with Crippen LogP contribution in [-0.4, -0.2) is 42.9 Å². The third-order valence-corrected chi connectivity index (χ3v) is 3.27. The van der Waals surface area contributed by atoms with Crippen LogP contribution in [0.25, 0.3) is 10.4 Å². The first-order valence-electron chi connectivity index (χ1n) is 6.87. The summed E-state index contributed by atoms with van der Waals surface area (Å²) in [7, 11) is 0. The number of hydrogen-bond acceptors (Lipinski definition) is 6. The van der Waals surface area contributed by atoms with Gasteiger partial charge in [-0.2, -0.15) is 0 Å². The van der Waals surface area contributed by atoms with Gasteiger partial charge in [0.15, 0.2) is 11.9 Å². The Labute approximate surface area is 123 Å². The van der Waals surface area contributed by atoms with E-state index in [0.29, 0.717) is 0 Å². The van der Waals surface area contributed by atoms with E-state index in [1.54, 1.807) is 34.6 Å². The van der Waals surface area contributed by atoms with E-state index in [1.807, 2.05) is 0 Å². The van der Waals surface area contributed by atoms with Crippen LogP contribution in [0.2, 0.25) is 0 Å². The standard InChI is InChI=1S/C13H21N3O5/c1-12(2,3)11(17)19-10-9-8(20-13(4,5)21-9)7(18-10)6-15-16-14/h7-10H,6H2,1-5H3/t7-,8-,9-,10-/m1/s1. The van der Waals surface area contributed by atoms with E-state index in [4.69, 9.17) is 24.5 Å². The van der Waals surface area contributed by atoms with Crippen LogP contribution in [0.4, 0.5) is 0 Å². The lowest BCUT2D eigenvalue weighted by molar-refractivity contribution is -0.234. The first-order valence-corrected chi connectivity index (χ1v) is 6.87. The van der Waals surface area contributed by atoms with Crippen molar-refractivity contribution < 1.29 is 23.7 Å². The second-order valence-electron chi connectivity index (χ2n) is 6.68. The zero-order valence-corrected chi connectivity index (χ0v) is 12.9. The van der Waals surface area contributed by atoms with E-state index in [0.717, 1.165) is 0 Å². The number of carbonyl (C=O) groups excluding carboxylic acids is 1. The molecule has 0 spiro atoms. The third-order valence-electron chi connectivity index (χ3n) is 3.27. The largest absolute Gasteiger partial charge is 0.432 e. The molecule has 4 atom stereocenters. The lowest BCUT2D eigenvalue weighted by atomic mass is 9.97. The molecule has 0 aromatic heterocycles. The van der Waals surface area contributed by atoms with Crippen molar-refractivity contribution >= 4 is 5.97 Å². The average molecular weight is 299 g/mol. The maximum absolute atomic E-state index is 12.0. The van der Waals surface area contributed by atoms with Crippen LogP contribution < -0.4 is 0 Å². The molecule has 2 fully saturated rings. The number of rotatable bonds is 3. The minimum atomic E-state index is -0.859. The van der Waals surface area contributed by atoms with E-state index in [2.05, 4.69) is 10.0 Å². The number of ether oxygens (including phenoxy) is 4. The molecule has 0 unspecified atom stereocenters. The van der Waals surface area contributed by atoms with Gasteiger partial charge in [0.25, 0.3) is 0 Å². The van der Waals surface area contributed by atoms with Gasteiger partial charge >= 0.3 is 5.97 Å². The number of esters is 1. The van der Waals surface area contributed by atoms with Crippen molar-refractivity contribution in [3.05, 3.63) is 10.4 Å². The summed E-state index contributed by atoms with van der Waals surface area (Å²) < 4.78 is 22.5. The molecule has 2 aliphatic heterocycles. The number of nitrogens with zero attached hydrogens (tertiary/aromatic N) is 3. The molecule has 118 valence electrons. The Morgan fingerprint density at radius 1 is 1.33 bits per heavy atom.